The van der Waals surface area contributed by atoms with Gasteiger partial charge in [0.1, 0.15) is 12.1 Å². The van der Waals surface area contributed by atoms with Crippen molar-refractivity contribution in [3.8, 4) is 0 Å². The van der Waals surface area contributed by atoms with Gasteiger partial charge >= 0.3 is 12.0 Å². The maximum atomic E-state index is 13.1. The van der Waals surface area contributed by atoms with Gasteiger partial charge in [-0.15, -0.1) is 0 Å². The van der Waals surface area contributed by atoms with E-state index in [4.69, 9.17) is 0 Å². The number of carbonyl (C=O) groups excluding carboxylic acids is 2. The molecule has 160 valence electrons. The van der Waals surface area contributed by atoms with Crippen LogP contribution in [0.5, 0.6) is 0 Å². The lowest BCUT2D eigenvalue weighted by Crippen LogP contribution is -2.54. The molecule has 4 rings (SSSR count). The summed E-state index contributed by atoms with van der Waals surface area (Å²) in [6, 6.07) is 5.75. The summed E-state index contributed by atoms with van der Waals surface area (Å²) in [6.07, 6.45) is 1.54. The number of hydrogen-bond acceptors (Lipinski definition) is 4. The number of urea groups is 1. The number of nitrogens with zero attached hydrogens (tertiary/aromatic N) is 4. The Balaban J connectivity index is 1.54. The van der Waals surface area contributed by atoms with Gasteiger partial charge in [0.25, 0.3) is 0 Å². The number of aromatic nitrogens is 2. The second kappa shape index (κ2) is 7.97. The summed E-state index contributed by atoms with van der Waals surface area (Å²) in [7, 11) is 0. The van der Waals surface area contributed by atoms with Crippen molar-refractivity contribution in [2.75, 3.05) is 18.0 Å². The van der Waals surface area contributed by atoms with E-state index in [9.17, 15) is 19.5 Å². The van der Waals surface area contributed by atoms with E-state index in [0.29, 0.717) is 44.8 Å². The minimum Gasteiger partial charge on any atom is -0.480 e. The summed E-state index contributed by atoms with van der Waals surface area (Å²) in [6.45, 7) is 5.46. The standard InChI is InChI=1S/C21H27N5O4/c1-13(2)12-15(18(27)24-9-5-8-17(24)19(28)29)23-21(30)26-11-10-25-16-7-4-3-6-14(16)22-20(25)26/h3-4,6-7,13,15,17H,5,8-12H2,1-2H3,(H,23,30)(H,28,29). The molecular formula is C21H27N5O4. The number of amides is 3. The highest BCUT2D eigenvalue weighted by atomic mass is 16.4. The minimum absolute atomic E-state index is 0.160. The first-order valence-corrected chi connectivity index (χ1v) is 10.4. The van der Waals surface area contributed by atoms with Crippen LogP contribution in [0.15, 0.2) is 24.3 Å². The largest absolute Gasteiger partial charge is 0.480 e. The smallest absolute Gasteiger partial charge is 0.326 e. The molecule has 2 atom stereocenters. The van der Waals surface area contributed by atoms with Crippen molar-refractivity contribution in [2.45, 2.75) is 51.7 Å². The summed E-state index contributed by atoms with van der Waals surface area (Å²) in [5, 5.41) is 12.3. The number of fused-ring (bicyclic) bond motifs is 3. The van der Waals surface area contributed by atoms with Crippen molar-refractivity contribution >= 4 is 34.9 Å². The van der Waals surface area contributed by atoms with E-state index in [0.717, 1.165) is 11.0 Å². The zero-order chi connectivity index (χ0) is 21.4. The van der Waals surface area contributed by atoms with Crippen molar-refractivity contribution < 1.29 is 19.5 Å². The first-order chi connectivity index (χ1) is 14.4. The normalized spacial score (nSPS) is 19.4. The minimum atomic E-state index is -0.997. The first-order valence-electron chi connectivity index (χ1n) is 10.4. The molecule has 2 unspecified atom stereocenters. The van der Waals surface area contributed by atoms with Crippen molar-refractivity contribution in [2.24, 2.45) is 5.92 Å². The average Bonchev–Trinajstić information content (AvgIpc) is 3.41. The summed E-state index contributed by atoms with van der Waals surface area (Å²) >= 11 is 0. The van der Waals surface area contributed by atoms with E-state index in [1.165, 1.54) is 4.90 Å². The highest BCUT2D eigenvalue weighted by Gasteiger charge is 2.39. The molecule has 0 spiro atoms. The van der Waals surface area contributed by atoms with Crippen LogP contribution in [0, 0.1) is 5.92 Å². The number of carbonyl (C=O) groups is 3. The number of hydrogen-bond donors (Lipinski definition) is 2. The Morgan fingerprint density at radius 1 is 1.20 bits per heavy atom. The Labute approximate surface area is 174 Å². The topological polar surface area (TPSA) is 108 Å². The van der Waals surface area contributed by atoms with Crippen LogP contribution >= 0.6 is 0 Å². The van der Waals surface area contributed by atoms with E-state index in [1.807, 2.05) is 42.7 Å². The van der Waals surface area contributed by atoms with Crippen LogP contribution in [0.4, 0.5) is 10.7 Å². The Hall–Kier alpha value is -3.10. The van der Waals surface area contributed by atoms with E-state index in [-0.39, 0.29) is 17.9 Å². The molecule has 0 aliphatic carbocycles. The maximum absolute atomic E-state index is 13.1. The summed E-state index contributed by atoms with van der Waals surface area (Å²) in [5.41, 5.74) is 1.79. The van der Waals surface area contributed by atoms with E-state index >= 15 is 0 Å². The van der Waals surface area contributed by atoms with Crippen LogP contribution in [0.3, 0.4) is 0 Å². The summed E-state index contributed by atoms with van der Waals surface area (Å²) in [4.78, 5) is 45.3. The molecule has 1 aromatic heterocycles. The molecule has 2 aromatic rings. The zero-order valence-corrected chi connectivity index (χ0v) is 17.2. The lowest BCUT2D eigenvalue weighted by Gasteiger charge is -2.29. The van der Waals surface area contributed by atoms with Crippen molar-refractivity contribution in [1.29, 1.82) is 0 Å². The van der Waals surface area contributed by atoms with Crippen molar-refractivity contribution in [1.82, 2.24) is 19.8 Å². The predicted octanol–water partition coefficient (Wildman–Crippen LogP) is 2.06. The first kappa shape index (κ1) is 20.2. The lowest BCUT2D eigenvalue weighted by molar-refractivity contribution is -0.149. The Kier molecular flexibility index (Phi) is 5.36. The average molecular weight is 413 g/mol. The predicted molar refractivity (Wildman–Crippen MR) is 111 cm³/mol. The number of carboxylic acid groups (broad SMARTS) is 1. The second-order valence-corrected chi connectivity index (χ2v) is 8.36. The van der Waals surface area contributed by atoms with Crippen LogP contribution in [-0.4, -0.2) is 62.6 Å². The van der Waals surface area contributed by atoms with Crippen LogP contribution in [0.1, 0.15) is 33.1 Å². The summed E-state index contributed by atoms with van der Waals surface area (Å²) < 4.78 is 2.00. The molecule has 3 amide bonds. The molecule has 1 saturated heterocycles. The number of nitrogens with one attached hydrogen (secondary N) is 1. The van der Waals surface area contributed by atoms with Gasteiger partial charge < -0.3 is 19.9 Å². The van der Waals surface area contributed by atoms with Crippen molar-refractivity contribution in [3.05, 3.63) is 24.3 Å². The number of benzene rings is 1. The molecule has 0 radical (unpaired) electrons. The Morgan fingerprint density at radius 2 is 1.97 bits per heavy atom. The highest BCUT2D eigenvalue weighted by Crippen LogP contribution is 2.27. The SMILES string of the molecule is CC(C)CC(NC(=O)N1CCn2c1nc1ccccc12)C(=O)N1CCCC1C(=O)O. The number of carboxylic acids is 1. The van der Waals surface area contributed by atoms with Crippen LogP contribution in [0.25, 0.3) is 11.0 Å². The molecule has 2 aliphatic heterocycles. The molecule has 0 bridgehead atoms. The van der Waals surface area contributed by atoms with Gasteiger partial charge in [-0.3, -0.25) is 9.69 Å². The fourth-order valence-electron chi connectivity index (χ4n) is 4.39. The van der Waals surface area contributed by atoms with Crippen LogP contribution in [-0.2, 0) is 16.1 Å². The molecule has 2 N–H and O–H groups in total. The molecule has 9 nitrogen and oxygen atoms in total. The number of imidazole rings is 1. The molecule has 1 fully saturated rings. The Morgan fingerprint density at radius 3 is 2.70 bits per heavy atom. The van der Waals surface area contributed by atoms with Gasteiger partial charge in [0, 0.05) is 19.6 Å². The van der Waals surface area contributed by atoms with Gasteiger partial charge in [-0.2, -0.15) is 0 Å². The van der Waals surface area contributed by atoms with Gasteiger partial charge in [-0.1, -0.05) is 26.0 Å². The number of aliphatic carboxylic acids is 1. The number of rotatable bonds is 5. The summed E-state index contributed by atoms with van der Waals surface area (Å²) in [5.74, 6) is -0.597. The molecule has 0 saturated carbocycles. The fraction of sp³-hybridized carbons (Fsp3) is 0.524. The van der Waals surface area contributed by atoms with E-state index < -0.39 is 18.1 Å². The van der Waals surface area contributed by atoms with E-state index in [1.54, 1.807) is 4.90 Å². The van der Waals surface area contributed by atoms with Crippen LogP contribution in [0.2, 0.25) is 0 Å². The zero-order valence-electron chi connectivity index (χ0n) is 17.2. The number of para-hydroxylation sites is 2. The van der Waals surface area contributed by atoms with E-state index in [2.05, 4.69) is 10.3 Å². The third kappa shape index (κ3) is 3.59. The van der Waals surface area contributed by atoms with Gasteiger partial charge in [0.05, 0.1) is 11.0 Å². The van der Waals surface area contributed by atoms with Crippen LogP contribution < -0.4 is 10.2 Å². The molecule has 9 heteroatoms. The molecule has 1 aromatic carbocycles. The molecule has 2 aliphatic rings. The monoisotopic (exact) mass is 413 g/mol. The fourth-order valence-corrected chi connectivity index (χ4v) is 4.39. The van der Waals surface area contributed by atoms with Gasteiger partial charge in [-0.05, 0) is 37.3 Å². The van der Waals surface area contributed by atoms with Gasteiger partial charge in [0.2, 0.25) is 11.9 Å². The lowest BCUT2D eigenvalue weighted by atomic mass is 10.0. The van der Waals surface area contributed by atoms with Gasteiger partial charge in [0.15, 0.2) is 0 Å². The second-order valence-electron chi connectivity index (χ2n) is 8.36. The third-order valence-corrected chi connectivity index (χ3v) is 5.79. The Bertz CT molecular complexity index is 985. The number of anilines is 1. The van der Waals surface area contributed by atoms with Crippen molar-refractivity contribution in [3.63, 3.8) is 0 Å². The highest BCUT2D eigenvalue weighted by molar-refractivity contribution is 5.97. The third-order valence-electron chi connectivity index (χ3n) is 5.79. The molecular weight excluding hydrogens is 386 g/mol. The molecule has 3 heterocycles. The van der Waals surface area contributed by atoms with Gasteiger partial charge in [-0.25, -0.2) is 14.6 Å². The maximum Gasteiger partial charge on any atom is 0.326 e. The quantitative estimate of drug-likeness (QED) is 0.780. The number of likely N-dealkylation sites (tertiary alicyclic amines) is 1. The molecule has 30 heavy (non-hydrogen) atoms.